The van der Waals surface area contributed by atoms with Crippen molar-refractivity contribution in [3.8, 4) is 0 Å². The standard InChI is InChI=1S/C28H30Cl3N3O4S/c1-4-19(2)32-28(36)20(3)33(17-24-25(30)11-8-12-26(24)31)27(35)18-34(22-15-13-21(29)14-16-22)39(37,38)23-9-6-5-7-10-23/h5-16,19-20H,4,17-18H2,1-3H3,(H,32,36)/t19-,20+/m0/s1. The lowest BCUT2D eigenvalue weighted by molar-refractivity contribution is -0.139. The van der Waals surface area contributed by atoms with Crippen LogP contribution in [0.5, 0.6) is 0 Å². The minimum absolute atomic E-state index is 0.0102. The van der Waals surface area contributed by atoms with E-state index in [0.29, 0.717) is 27.1 Å². The number of carbonyl (C=O) groups is 2. The number of rotatable bonds is 11. The first-order chi connectivity index (χ1) is 18.4. The largest absolute Gasteiger partial charge is 0.352 e. The van der Waals surface area contributed by atoms with E-state index in [9.17, 15) is 18.0 Å². The Morgan fingerprint density at radius 2 is 1.46 bits per heavy atom. The first-order valence-electron chi connectivity index (χ1n) is 12.3. The second-order valence-electron chi connectivity index (χ2n) is 9.02. The molecule has 208 valence electrons. The number of anilines is 1. The fourth-order valence-electron chi connectivity index (χ4n) is 3.76. The van der Waals surface area contributed by atoms with Crippen molar-refractivity contribution in [2.45, 2.75) is 50.7 Å². The molecule has 0 unspecified atom stereocenters. The Balaban J connectivity index is 2.05. The van der Waals surface area contributed by atoms with E-state index in [0.717, 1.165) is 4.31 Å². The molecule has 7 nitrogen and oxygen atoms in total. The Hall–Kier alpha value is -2.78. The Kier molecular flexibility index (Phi) is 10.7. The molecule has 3 aromatic rings. The minimum Gasteiger partial charge on any atom is -0.352 e. The molecule has 0 heterocycles. The van der Waals surface area contributed by atoms with E-state index in [4.69, 9.17) is 34.8 Å². The van der Waals surface area contributed by atoms with Crippen LogP contribution in [0.2, 0.25) is 15.1 Å². The van der Waals surface area contributed by atoms with E-state index in [1.54, 1.807) is 55.5 Å². The van der Waals surface area contributed by atoms with Crippen molar-refractivity contribution < 1.29 is 18.0 Å². The second-order valence-corrected chi connectivity index (χ2v) is 12.1. The zero-order chi connectivity index (χ0) is 28.7. The highest BCUT2D eigenvalue weighted by molar-refractivity contribution is 7.92. The molecule has 2 atom stereocenters. The van der Waals surface area contributed by atoms with Gasteiger partial charge in [-0.25, -0.2) is 8.42 Å². The molecule has 0 aliphatic carbocycles. The molecule has 0 saturated heterocycles. The zero-order valence-corrected chi connectivity index (χ0v) is 24.9. The van der Waals surface area contributed by atoms with E-state index >= 15 is 0 Å². The summed E-state index contributed by atoms with van der Waals surface area (Å²) in [5.41, 5.74) is 0.686. The van der Waals surface area contributed by atoms with Crippen molar-refractivity contribution >= 4 is 62.3 Å². The smallest absolute Gasteiger partial charge is 0.264 e. The summed E-state index contributed by atoms with van der Waals surface area (Å²) in [6.07, 6.45) is 0.697. The lowest BCUT2D eigenvalue weighted by Gasteiger charge is -2.32. The third-order valence-electron chi connectivity index (χ3n) is 6.28. The molecule has 1 N–H and O–H groups in total. The molecule has 0 fully saturated rings. The van der Waals surface area contributed by atoms with Crippen LogP contribution in [0.4, 0.5) is 5.69 Å². The molecule has 0 radical (unpaired) electrons. The quantitative estimate of drug-likeness (QED) is 0.281. The maximum atomic E-state index is 13.9. The molecule has 39 heavy (non-hydrogen) atoms. The van der Waals surface area contributed by atoms with Gasteiger partial charge in [-0.3, -0.25) is 13.9 Å². The molecule has 0 aliphatic rings. The van der Waals surface area contributed by atoms with Crippen LogP contribution in [0, 0.1) is 0 Å². The highest BCUT2D eigenvalue weighted by Crippen LogP contribution is 2.28. The van der Waals surface area contributed by atoms with Crippen molar-refractivity contribution in [2.75, 3.05) is 10.8 Å². The maximum absolute atomic E-state index is 13.9. The van der Waals surface area contributed by atoms with Gasteiger partial charge in [-0.05, 0) is 68.8 Å². The van der Waals surface area contributed by atoms with Crippen LogP contribution in [0.25, 0.3) is 0 Å². The third-order valence-corrected chi connectivity index (χ3v) is 9.03. The van der Waals surface area contributed by atoms with Crippen molar-refractivity contribution in [1.29, 1.82) is 0 Å². The average Bonchev–Trinajstić information content (AvgIpc) is 2.92. The van der Waals surface area contributed by atoms with Crippen LogP contribution in [-0.4, -0.2) is 43.8 Å². The van der Waals surface area contributed by atoms with Gasteiger partial charge in [-0.1, -0.05) is 66.0 Å². The highest BCUT2D eigenvalue weighted by Gasteiger charge is 2.33. The molecule has 11 heteroatoms. The number of nitrogens with zero attached hydrogens (tertiary/aromatic N) is 2. The van der Waals surface area contributed by atoms with Gasteiger partial charge >= 0.3 is 0 Å². The molecular weight excluding hydrogens is 581 g/mol. The van der Waals surface area contributed by atoms with Crippen LogP contribution in [0.3, 0.4) is 0 Å². The van der Waals surface area contributed by atoms with Gasteiger partial charge in [0.1, 0.15) is 12.6 Å². The van der Waals surface area contributed by atoms with Gasteiger partial charge in [0.25, 0.3) is 10.0 Å². The van der Waals surface area contributed by atoms with Crippen molar-refractivity contribution in [3.05, 3.63) is 93.4 Å². The predicted octanol–water partition coefficient (Wildman–Crippen LogP) is 6.17. The third kappa shape index (κ3) is 7.66. The number of carbonyl (C=O) groups excluding carboxylic acids is 2. The summed E-state index contributed by atoms with van der Waals surface area (Å²) in [7, 11) is -4.16. The van der Waals surface area contributed by atoms with Crippen LogP contribution < -0.4 is 9.62 Å². The maximum Gasteiger partial charge on any atom is 0.264 e. The first-order valence-corrected chi connectivity index (χ1v) is 14.9. The van der Waals surface area contributed by atoms with Crippen molar-refractivity contribution in [1.82, 2.24) is 10.2 Å². The van der Waals surface area contributed by atoms with Gasteiger partial charge in [-0.2, -0.15) is 0 Å². The molecule has 0 aromatic heterocycles. The van der Waals surface area contributed by atoms with Gasteiger partial charge < -0.3 is 10.2 Å². The van der Waals surface area contributed by atoms with Crippen LogP contribution >= 0.6 is 34.8 Å². The Morgan fingerprint density at radius 3 is 2.03 bits per heavy atom. The number of hydrogen-bond donors (Lipinski definition) is 1. The molecule has 0 aliphatic heterocycles. The molecule has 3 rings (SSSR count). The monoisotopic (exact) mass is 609 g/mol. The summed E-state index contributed by atoms with van der Waals surface area (Å²) >= 11 is 18.8. The zero-order valence-electron chi connectivity index (χ0n) is 21.8. The van der Waals surface area contributed by atoms with Gasteiger partial charge in [0.05, 0.1) is 10.6 Å². The Labute approximate surface area is 244 Å². The van der Waals surface area contributed by atoms with Crippen LogP contribution in [0.15, 0.2) is 77.7 Å². The topological polar surface area (TPSA) is 86.8 Å². The summed E-state index contributed by atoms with van der Waals surface area (Å²) in [4.78, 5) is 28.3. The summed E-state index contributed by atoms with van der Waals surface area (Å²) in [5.74, 6) is -1.00. The predicted molar refractivity (Wildman–Crippen MR) is 157 cm³/mol. The lowest BCUT2D eigenvalue weighted by atomic mass is 10.1. The average molecular weight is 611 g/mol. The number of sulfonamides is 1. The fraction of sp³-hybridized carbons (Fsp3) is 0.286. The number of amides is 2. The van der Waals surface area contributed by atoms with Gasteiger partial charge in [-0.15, -0.1) is 0 Å². The van der Waals surface area contributed by atoms with E-state index in [1.165, 1.54) is 29.2 Å². The number of halogens is 3. The first kappa shape index (κ1) is 30.8. The minimum atomic E-state index is -4.16. The summed E-state index contributed by atoms with van der Waals surface area (Å²) < 4.78 is 28.5. The van der Waals surface area contributed by atoms with Crippen LogP contribution in [-0.2, 0) is 26.2 Å². The molecule has 0 bridgehead atoms. The molecule has 3 aromatic carbocycles. The SMILES string of the molecule is CC[C@H](C)NC(=O)[C@@H](C)N(Cc1c(Cl)cccc1Cl)C(=O)CN(c1ccc(Cl)cc1)S(=O)(=O)c1ccccc1. The molecule has 0 saturated carbocycles. The van der Waals surface area contributed by atoms with Gasteiger partial charge in [0, 0.05) is 33.2 Å². The summed E-state index contributed by atoms with van der Waals surface area (Å²) in [5, 5.41) is 3.93. The van der Waals surface area contributed by atoms with Gasteiger partial charge in [0.15, 0.2) is 0 Å². The van der Waals surface area contributed by atoms with E-state index < -0.39 is 28.5 Å². The lowest BCUT2D eigenvalue weighted by Crippen LogP contribution is -2.52. The van der Waals surface area contributed by atoms with E-state index in [1.807, 2.05) is 13.8 Å². The van der Waals surface area contributed by atoms with Crippen molar-refractivity contribution in [3.63, 3.8) is 0 Å². The summed E-state index contributed by atoms with van der Waals surface area (Å²) in [6.45, 7) is 4.68. The highest BCUT2D eigenvalue weighted by atomic mass is 35.5. The number of benzene rings is 3. The number of hydrogen-bond acceptors (Lipinski definition) is 4. The molecule has 2 amide bonds. The number of nitrogens with one attached hydrogen (secondary N) is 1. The van der Waals surface area contributed by atoms with E-state index in [-0.39, 0.29) is 29.1 Å². The summed E-state index contributed by atoms with van der Waals surface area (Å²) in [6, 6.07) is 17.8. The Morgan fingerprint density at radius 1 is 0.872 bits per heavy atom. The van der Waals surface area contributed by atoms with Gasteiger partial charge in [0.2, 0.25) is 11.8 Å². The molecule has 0 spiro atoms. The second kappa shape index (κ2) is 13.5. The normalized spacial score (nSPS) is 12.9. The fourth-order valence-corrected chi connectivity index (χ4v) is 5.84. The van der Waals surface area contributed by atoms with E-state index in [2.05, 4.69) is 5.32 Å². The Bertz CT molecular complexity index is 1380. The van der Waals surface area contributed by atoms with Crippen molar-refractivity contribution in [2.24, 2.45) is 0 Å². The van der Waals surface area contributed by atoms with Crippen LogP contribution in [0.1, 0.15) is 32.8 Å². The molecular formula is C28H30Cl3N3O4S.